The van der Waals surface area contributed by atoms with Crippen LogP contribution in [0.1, 0.15) is 39.2 Å². The SMILES string of the molecule is CCCC(OCC)(OCC)c1ccccc1. The van der Waals surface area contributed by atoms with Crippen molar-refractivity contribution in [2.75, 3.05) is 13.2 Å². The van der Waals surface area contributed by atoms with Gasteiger partial charge in [0, 0.05) is 25.2 Å². The molecule has 1 aromatic rings. The number of hydrogen-bond acceptors (Lipinski definition) is 2. The van der Waals surface area contributed by atoms with E-state index < -0.39 is 5.79 Å². The van der Waals surface area contributed by atoms with Crippen molar-refractivity contribution in [3.63, 3.8) is 0 Å². The zero-order valence-corrected chi connectivity index (χ0v) is 10.5. The Balaban J connectivity index is 2.99. The molecule has 0 saturated carbocycles. The molecule has 0 N–H and O–H groups in total. The fourth-order valence-corrected chi connectivity index (χ4v) is 1.98. The normalized spacial score (nSPS) is 11.7. The van der Waals surface area contributed by atoms with Crippen molar-refractivity contribution in [3.05, 3.63) is 35.9 Å². The highest BCUT2D eigenvalue weighted by Crippen LogP contribution is 2.32. The van der Waals surface area contributed by atoms with Crippen molar-refractivity contribution in [2.45, 2.75) is 39.4 Å². The van der Waals surface area contributed by atoms with E-state index in [9.17, 15) is 0 Å². The Bertz CT molecular complexity index is 265. The second-order valence-electron chi connectivity index (χ2n) is 3.73. The molecule has 0 aliphatic rings. The molecule has 0 amide bonds. The molecule has 1 rings (SSSR count). The summed E-state index contributed by atoms with van der Waals surface area (Å²) in [6.45, 7) is 7.48. The summed E-state index contributed by atoms with van der Waals surface area (Å²) in [5, 5.41) is 0. The van der Waals surface area contributed by atoms with Crippen LogP contribution in [0.25, 0.3) is 0 Å². The number of ether oxygens (including phenoxy) is 2. The summed E-state index contributed by atoms with van der Waals surface area (Å²) in [6, 6.07) is 10.2. The predicted octanol–water partition coefficient (Wildman–Crippen LogP) is 3.71. The minimum Gasteiger partial charge on any atom is -0.346 e. The molecule has 0 radical (unpaired) electrons. The third kappa shape index (κ3) is 3.06. The van der Waals surface area contributed by atoms with Crippen LogP contribution in [0.5, 0.6) is 0 Å². The van der Waals surface area contributed by atoms with Gasteiger partial charge in [-0.25, -0.2) is 0 Å². The van der Waals surface area contributed by atoms with E-state index in [1.807, 2.05) is 32.0 Å². The van der Waals surface area contributed by atoms with Gasteiger partial charge < -0.3 is 9.47 Å². The molecule has 0 bridgehead atoms. The molecule has 0 unspecified atom stereocenters. The largest absolute Gasteiger partial charge is 0.346 e. The molecule has 0 aromatic heterocycles. The average Bonchev–Trinajstić information content (AvgIpc) is 2.31. The van der Waals surface area contributed by atoms with Gasteiger partial charge >= 0.3 is 0 Å². The van der Waals surface area contributed by atoms with Gasteiger partial charge in [0.25, 0.3) is 0 Å². The highest BCUT2D eigenvalue weighted by molar-refractivity contribution is 5.20. The van der Waals surface area contributed by atoms with Gasteiger partial charge in [0.1, 0.15) is 0 Å². The number of benzene rings is 1. The molecule has 90 valence electrons. The molecule has 0 saturated heterocycles. The van der Waals surface area contributed by atoms with Crippen LogP contribution in [0.4, 0.5) is 0 Å². The molecule has 0 aliphatic carbocycles. The minimum atomic E-state index is -0.556. The fraction of sp³-hybridized carbons (Fsp3) is 0.571. The molecule has 0 heterocycles. The summed E-state index contributed by atoms with van der Waals surface area (Å²) in [5.74, 6) is -0.556. The summed E-state index contributed by atoms with van der Waals surface area (Å²) in [7, 11) is 0. The first kappa shape index (κ1) is 13.2. The first-order valence-corrected chi connectivity index (χ1v) is 6.12. The summed E-state index contributed by atoms with van der Waals surface area (Å²) < 4.78 is 11.7. The minimum absolute atomic E-state index is 0.556. The van der Waals surface area contributed by atoms with Crippen LogP contribution in [-0.2, 0) is 15.3 Å². The zero-order chi connectivity index (χ0) is 11.9. The van der Waals surface area contributed by atoms with Crippen LogP contribution in [0.15, 0.2) is 30.3 Å². The van der Waals surface area contributed by atoms with Gasteiger partial charge in [-0.3, -0.25) is 0 Å². The second kappa shape index (κ2) is 6.66. The lowest BCUT2D eigenvalue weighted by Crippen LogP contribution is -2.33. The Morgan fingerprint density at radius 2 is 1.50 bits per heavy atom. The average molecular weight is 222 g/mol. The van der Waals surface area contributed by atoms with Crippen LogP contribution in [0.2, 0.25) is 0 Å². The molecule has 2 heteroatoms. The Kier molecular flexibility index (Phi) is 5.50. The molecule has 2 nitrogen and oxygen atoms in total. The Morgan fingerprint density at radius 1 is 0.938 bits per heavy atom. The van der Waals surface area contributed by atoms with E-state index in [4.69, 9.17) is 9.47 Å². The first-order valence-electron chi connectivity index (χ1n) is 6.12. The lowest BCUT2D eigenvalue weighted by atomic mass is 10.0. The van der Waals surface area contributed by atoms with Gasteiger partial charge in [0.15, 0.2) is 5.79 Å². The standard InChI is InChI=1S/C14H22O2/c1-4-12-14(15-5-2,16-6-3)13-10-8-7-9-11-13/h7-11H,4-6,12H2,1-3H3. The highest BCUT2D eigenvalue weighted by atomic mass is 16.7. The third-order valence-electron chi connectivity index (χ3n) is 2.55. The van der Waals surface area contributed by atoms with Gasteiger partial charge in [0.05, 0.1) is 0 Å². The monoisotopic (exact) mass is 222 g/mol. The maximum atomic E-state index is 5.87. The smallest absolute Gasteiger partial charge is 0.194 e. The van der Waals surface area contributed by atoms with E-state index in [-0.39, 0.29) is 0 Å². The summed E-state index contributed by atoms with van der Waals surface area (Å²) in [4.78, 5) is 0. The molecular weight excluding hydrogens is 200 g/mol. The van der Waals surface area contributed by atoms with Crippen LogP contribution < -0.4 is 0 Å². The fourth-order valence-electron chi connectivity index (χ4n) is 1.98. The second-order valence-corrected chi connectivity index (χ2v) is 3.73. The Labute approximate surface area is 98.6 Å². The maximum Gasteiger partial charge on any atom is 0.194 e. The van der Waals surface area contributed by atoms with E-state index >= 15 is 0 Å². The Morgan fingerprint density at radius 3 is 1.94 bits per heavy atom. The topological polar surface area (TPSA) is 18.5 Å². The van der Waals surface area contributed by atoms with Crippen molar-refractivity contribution < 1.29 is 9.47 Å². The molecule has 0 aliphatic heterocycles. The van der Waals surface area contributed by atoms with Crippen molar-refractivity contribution in [2.24, 2.45) is 0 Å². The lowest BCUT2D eigenvalue weighted by molar-refractivity contribution is -0.246. The van der Waals surface area contributed by atoms with Gasteiger partial charge in [0.2, 0.25) is 0 Å². The van der Waals surface area contributed by atoms with Gasteiger partial charge in [-0.2, -0.15) is 0 Å². The van der Waals surface area contributed by atoms with Crippen LogP contribution in [0.3, 0.4) is 0 Å². The van der Waals surface area contributed by atoms with E-state index in [0.717, 1.165) is 18.4 Å². The van der Waals surface area contributed by atoms with Crippen molar-refractivity contribution in [1.29, 1.82) is 0 Å². The molecular formula is C14H22O2. The quantitative estimate of drug-likeness (QED) is 0.655. The third-order valence-corrected chi connectivity index (χ3v) is 2.55. The maximum absolute atomic E-state index is 5.87. The molecule has 0 spiro atoms. The van der Waals surface area contributed by atoms with E-state index in [2.05, 4.69) is 19.1 Å². The molecule has 1 aromatic carbocycles. The Hall–Kier alpha value is -0.860. The highest BCUT2D eigenvalue weighted by Gasteiger charge is 2.32. The lowest BCUT2D eigenvalue weighted by Gasteiger charge is -2.33. The predicted molar refractivity (Wildman–Crippen MR) is 66.3 cm³/mol. The van der Waals surface area contributed by atoms with E-state index in [1.54, 1.807) is 0 Å². The summed E-state index contributed by atoms with van der Waals surface area (Å²) in [5.41, 5.74) is 1.11. The van der Waals surface area contributed by atoms with E-state index in [0.29, 0.717) is 13.2 Å². The van der Waals surface area contributed by atoms with Crippen molar-refractivity contribution in [3.8, 4) is 0 Å². The summed E-state index contributed by atoms with van der Waals surface area (Å²) >= 11 is 0. The van der Waals surface area contributed by atoms with Gasteiger partial charge in [-0.15, -0.1) is 0 Å². The molecule has 0 atom stereocenters. The van der Waals surface area contributed by atoms with Gasteiger partial charge in [-0.1, -0.05) is 43.7 Å². The van der Waals surface area contributed by atoms with E-state index in [1.165, 1.54) is 0 Å². The van der Waals surface area contributed by atoms with Gasteiger partial charge in [-0.05, 0) is 13.8 Å². The zero-order valence-electron chi connectivity index (χ0n) is 10.5. The van der Waals surface area contributed by atoms with Crippen LogP contribution >= 0.6 is 0 Å². The first-order chi connectivity index (χ1) is 7.79. The number of rotatable bonds is 7. The van der Waals surface area contributed by atoms with Crippen LogP contribution in [-0.4, -0.2) is 13.2 Å². The van der Waals surface area contributed by atoms with Crippen molar-refractivity contribution in [1.82, 2.24) is 0 Å². The molecule has 16 heavy (non-hydrogen) atoms. The van der Waals surface area contributed by atoms with Crippen molar-refractivity contribution >= 4 is 0 Å². The number of hydrogen-bond donors (Lipinski definition) is 0. The summed E-state index contributed by atoms with van der Waals surface area (Å²) in [6.07, 6.45) is 1.92. The van der Waals surface area contributed by atoms with Crippen LogP contribution in [0, 0.1) is 0 Å². The molecule has 0 fully saturated rings.